The van der Waals surface area contributed by atoms with Crippen LogP contribution in [0.3, 0.4) is 0 Å². The molecule has 2 aromatic rings. The SMILES string of the molecule is CC(=N)/C=C/Cc1ccc(OCCCCCOc2ccc(/C=C/C(=N)N)cc2)cc1. The molecule has 5 nitrogen and oxygen atoms in total. The summed E-state index contributed by atoms with van der Waals surface area (Å²) in [6, 6.07) is 15.9. The highest BCUT2D eigenvalue weighted by atomic mass is 16.5. The van der Waals surface area contributed by atoms with Crippen molar-refractivity contribution < 1.29 is 9.47 Å². The van der Waals surface area contributed by atoms with Crippen LogP contribution >= 0.6 is 0 Å². The van der Waals surface area contributed by atoms with E-state index >= 15 is 0 Å². The van der Waals surface area contributed by atoms with Crippen molar-refractivity contribution in [2.75, 3.05) is 13.2 Å². The molecule has 2 rings (SSSR count). The normalized spacial score (nSPS) is 11.1. The monoisotopic (exact) mass is 405 g/mol. The molecule has 0 fully saturated rings. The molecule has 0 aromatic heterocycles. The van der Waals surface area contributed by atoms with E-state index in [9.17, 15) is 0 Å². The molecule has 0 spiro atoms. The van der Waals surface area contributed by atoms with Gasteiger partial charge in [-0.2, -0.15) is 0 Å². The number of ether oxygens (including phenoxy) is 2. The van der Waals surface area contributed by atoms with Gasteiger partial charge in [-0.3, -0.25) is 5.41 Å². The van der Waals surface area contributed by atoms with Gasteiger partial charge in [0.05, 0.1) is 13.2 Å². The molecule has 4 N–H and O–H groups in total. The number of unbranched alkanes of at least 4 members (excludes halogenated alkanes) is 2. The van der Waals surface area contributed by atoms with Crippen LogP contribution in [0.15, 0.2) is 66.8 Å². The quantitative estimate of drug-likeness (QED) is 0.237. The molecule has 0 aliphatic rings. The van der Waals surface area contributed by atoms with E-state index in [0.29, 0.717) is 18.9 Å². The summed E-state index contributed by atoms with van der Waals surface area (Å²) in [7, 11) is 0. The number of nitrogens with one attached hydrogen (secondary N) is 2. The van der Waals surface area contributed by atoms with E-state index in [2.05, 4.69) is 12.1 Å². The Morgan fingerprint density at radius 1 is 0.833 bits per heavy atom. The van der Waals surface area contributed by atoms with Gasteiger partial charge in [0, 0.05) is 5.71 Å². The van der Waals surface area contributed by atoms with Gasteiger partial charge in [-0.1, -0.05) is 36.4 Å². The van der Waals surface area contributed by atoms with Crippen molar-refractivity contribution in [1.82, 2.24) is 0 Å². The molecule has 0 unspecified atom stereocenters. The number of benzene rings is 2. The Labute approximate surface area is 179 Å². The van der Waals surface area contributed by atoms with Gasteiger partial charge in [0.15, 0.2) is 0 Å². The Morgan fingerprint density at radius 3 is 1.93 bits per heavy atom. The van der Waals surface area contributed by atoms with Crippen LogP contribution in [0.4, 0.5) is 0 Å². The summed E-state index contributed by atoms with van der Waals surface area (Å²) >= 11 is 0. The van der Waals surface area contributed by atoms with Gasteiger partial charge < -0.3 is 20.6 Å². The maximum absolute atomic E-state index is 7.38. The second-order valence-electron chi connectivity index (χ2n) is 7.05. The van der Waals surface area contributed by atoms with Gasteiger partial charge >= 0.3 is 0 Å². The lowest BCUT2D eigenvalue weighted by Crippen LogP contribution is -2.03. The number of hydrogen-bond acceptors (Lipinski definition) is 4. The average Bonchev–Trinajstić information content (AvgIpc) is 2.73. The van der Waals surface area contributed by atoms with Crippen LogP contribution in [0.5, 0.6) is 11.5 Å². The second kappa shape index (κ2) is 13.0. The van der Waals surface area contributed by atoms with Crippen molar-refractivity contribution >= 4 is 17.6 Å². The molecule has 0 aliphatic heterocycles. The lowest BCUT2D eigenvalue weighted by atomic mass is 10.1. The molecule has 0 atom stereocenters. The topological polar surface area (TPSA) is 92.2 Å². The summed E-state index contributed by atoms with van der Waals surface area (Å²) in [5.74, 6) is 1.78. The first-order valence-corrected chi connectivity index (χ1v) is 10.2. The molecule has 5 heteroatoms. The molecule has 158 valence electrons. The summed E-state index contributed by atoms with van der Waals surface area (Å²) in [4.78, 5) is 0. The Morgan fingerprint density at radius 2 is 1.40 bits per heavy atom. The molecule has 0 saturated heterocycles. The van der Waals surface area contributed by atoms with E-state index in [1.165, 1.54) is 5.56 Å². The average molecular weight is 406 g/mol. The predicted octanol–water partition coefficient (Wildman–Crippen LogP) is 5.40. The van der Waals surface area contributed by atoms with Crippen molar-refractivity contribution in [3.63, 3.8) is 0 Å². The summed E-state index contributed by atoms with van der Waals surface area (Å²) in [5, 5.41) is 14.6. The number of amidine groups is 1. The van der Waals surface area contributed by atoms with Crippen LogP contribution in [-0.4, -0.2) is 24.8 Å². The molecule has 0 bridgehead atoms. The molecule has 2 aromatic carbocycles. The Bertz CT molecular complexity index is 853. The Hall–Kier alpha value is -3.34. The smallest absolute Gasteiger partial charge is 0.119 e. The Kier molecular flexibility index (Phi) is 9.93. The van der Waals surface area contributed by atoms with Gasteiger partial charge in [0.1, 0.15) is 17.3 Å². The number of rotatable bonds is 13. The predicted molar refractivity (Wildman–Crippen MR) is 125 cm³/mol. The highest BCUT2D eigenvalue weighted by Crippen LogP contribution is 2.15. The number of nitrogens with two attached hydrogens (primary N) is 1. The minimum atomic E-state index is 0.0407. The second-order valence-corrected chi connectivity index (χ2v) is 7.05. The van der Waals surface area contributed by atoms with Crippen molar-refractivity contribution in [2.45, 2.75) is 32.6 Å². The molecule has 0 saturated carbocycles. The maximum Gasteiger partial charge on any atom is 0.119 e. The van der Waals surface area contributed by atoms with Crippen molar-refractivity contribution in [1.29, 1.82) is 10.8 Å². The fourth-order valence-corrected chi connectivity index (χ4v) is 2.72. The van der Waals surface area contributed by atoms with E-state index in [-0.39, 0.29) is 5.84 Å². The van der Waals surface area contributed by atoms with Crippen LogP contribution in [0.2, 0.25) is 0 Å². The van der Waals surface area contributed by atoms with E-state index in [1.54, 1.807) is 19.1 Å². The van der Waals surface area contributed by atoms with Crippen molar-refractivity contribution in [3.05, 3.63) is 77.9 Å². The van der Waals surface area contributed by atoms with Crippen LogP contribution in [0, 0.1) is 10.8 Å². The van der Waals surface area contributed by atoms with Gasteiger partial charge in [-0.15, -0.1) is 0 Å². The van der Waals surface area contributed by atoms with Gasteiger partial charge in [-0.25, -0.2) is 0 Å². The summed E-state index contributed by atoms with van der Waals surface area (Å²) in [6.07, 6.45) is 11.0. The minimum Gasteiger partial charge on any atom is -0.494 e. The third kappa shape index (κ3) is 9.73. The fraction of sp³-hybridized carbons (Fsp3) is 0.280. The van der Waals surface area contributed by atoms with E-state index in [4.69, 9.17) is 26.0 Å². The first-order chi connectivity index (χ1) is 14.5. The largest absolute Gasteiger partial charge is 0.494 e. The molecular formula is C25H31N3O2. The van der Waals surface area contributed by atoms with Crippen LogP contribution in [0.1, 0.15) is 37.3 Å². The maximum atomic E-state index is 7.38. The summed E-state index contributed by atoms with van der Waals surface area (Å²) in [5.41, 5.74) is 8.07. The van der Waals surface area contributed by atoms with Gasteiger partial charge in [-0.05, 0) is 80.2 Å². The first kappa shape index (κ1) is 22.9. The van der Waals surface area contributed by atoms with Crippen LogP contribution < -0.4 is 15.2 Å². The van der Waals surface area contributed by atoms with Crippen molar-refractivity contribution in [2.24, 2.45) is 5.73 Å². The first-order valence-electron chi connectivity index (χ1n) is 10.2. The Balaban J connectivity index is 1.56. The lowest BCUT2D eigenvalue weighted by molar-refractivity contribution is 0.279. The number of hydrogen-bond donors (Lipinski definition) is 3. The van der Waals surface area contributed by atoms with Gasteiger partial charge in [0.25, 0.3) is 0 Å². The van der Waals surface area contributed by atoms with E-state index < -0.39 is 0 Å². The molecule has 0 radical (unpaired) electrons. The fourth-order valence-electron chi connectivity index (χ4n) is 2.72. The lowest BCUT2D eigenvalue weighted by Gasteiger charge is -2.08. The summed E-state index contributed by atoms with van der Waals surface area (Å²) in [6.45, 7) is 3.15. The molecule has 0 aliphatic carbocycles. The molecule has 0 heterocycles. The van der Waals surface area contributed by atoms with Crippen LogP contribution in [0.25, 0.3) is 6.08 Å². The summed E-state index contributed by atoms with van der Waals surface area (Å²) < 4.78 is 11.6. The minimum absolute atomic E-state index is 0.0407. The van der Waals surface area contributed by atoms with Crippen molar-refractivity contribution in [3.8, 4) is 11.5 Å². The third-order valence-electron chi connectivity index (χ3n) is 4.31. The zero-order valence-corrected chi connectivity index (χ0v) is 17.6. The highest BCUT2D eigenvalue weighted by molar-refractivity contribution is 5.92. The number of allylic oxidation sites excluding steroid dienone is 2. The molecule has 0 amide bonds. The van der Waals surface area contributed by atoms with Gasteiger partial charge in [0.2, 0.25) is 0 Å². The third-order valence-corrected chi connectivity index (χ3v) is 4.31. The zero-order chi connectivity index (χ0) is 21.6. The van der Waals surface area contributed by atoms with E-state index in [1.807, 2.05) is 48.6 Å². The highest BCUT2D eigenvalue weighted by Gasteiger charge is 1.97. The molecule has 30 heavy (non-hydrogen) atoms. The standard InChI is InChI=1S/C25H31N3O2/c1-20(26)6-5-7-21-8-13-23(14-9-21)29-18-3-2-4-19-30-24-15-10-22(11-16-24)12-17-25(27)28/h5-6,8-17,26H,2-4,7,18-19H2,1H3,(H3,27,28)/b6-5+,17-12+,26-20?. The zero-order valence-electron chi connectivity index (χ0n) is 17.6. The van der Waals surface area contributed by atoms with E-state index in [0.717, 1.165) is 42.7 Å². The van der Waals surface area contributed by atoms with Crippen LogP contribution in [-0.2, 0) is 6.42 Å². The molecular weight excluding hydrogens is 374 g/mol.